The normalized spacial score (nSPS) is 20.6. The molecule has 118 valence electrons. The molecule has 1 aromatic carbocycles. The van der Waals surface area contributed by atoms with E-state index in [4.69, 9.17) is 16.3 Å². The van der Waals surface area contributed by atoms with Crippen LogP contribution in [0, 0.1) is 0 Å². The minimum atomic E-state index is -3.49. The predicted octanol–water partition coefficient (Wildman–Crippen LogP) is 2.79. The summed E-state index contributed by atoms with van der Waals surface area (Å²) in [6.07, 6.45) is 2.40. The van der Waals surface area contributed by atoms with Gasteiger partial charge in [-0.3, -0.25) is 0 Å². The molecular weight excluding hydrogens is 310 g/mol. The molecule has 1 aliphatic rings. The van der Waals surface area contributed by atoms with Crippen molar-refractivity contribution in [2.24, 2.45) is 0 Å². The first-order chi connectivity index (χ1) is 10.0. The van der Waals surface area contributed by atoms with Crippen molar-refractivity contribution in [2.75, 3.05) is 20.2 Å². The molecule has 0 aromatic heterocycles. The summed E-state index contributed by atoms with van der Waals surface area (Å²) >= 11 is 5.85. The fourth-order valence-corrected chi connectivity index (χ4v) is 4.69. The summed E-state index contributed by atoms with van der Waals surface area (Å²) in [6, 6.07) is 5.46. The zero-order valence-electron chi connectivity index (χ0n) is 12.5. The first kappa shape index (κ1) is 16.7. The van der Waals surface area contributed by atoms with E-state index >= 15 is 0 Å². The molecule has 1 heterocycles. The largest absolute Gasteiger partial charge is 0.380 e. The summed E-state index contributed by atoms with van der Waals surface area (Å²) in [6.45, 7) is 2.94. The van der Waals surface area contributed by atoms with Crippen molar-refractivity contribution in [3.8, 4) is 0 Å². The van der Waals surface area contributed by atoms with Crippen LogP contribution in [0.4, 0.5) is 0 Å². The quantitative estimate of drug-likeness (QED) is 0.779. The van der Waals surface area contributed by atoms with Crippen molar-refractivity contribution >= 4 is 21.6 Å². The average Bonchev–Trinajstić information content (AvgIpc) is 2.54. The number of nitrogens with zero attached hydrogens (tertiary/aromatic N) is 1. The van der Waals surface area contributed by atoms with Gasteiger partial charge >= 0.3 is 0 Å². The number of halogens is 1. The van der Waals surface area contributed by atoms with Crippen molar-refractivity contribution in [3.05, 3.63) is 29.3 Å². The summed E-state index contributed by atoms with van der Waals surface area (Å²) in [7, 11) is -1.85. The van der Waals surface area contributed by atoms with Gasteiger partial charge in [0.15, 0.2) is 0 Å². The van der Waals surface area contributed by atoms with Crippen LogP contribution in [0.15, 0.2) is 23.1 Å². The summed E-state index contributed by atoms with van der Waals surface area (Å²) in [5.74, 6) is 0.313. The van der Waals surface area contributed by atoms with Crippen LogP contribution in [-0.4, -0.2) is 39.0 Å². The maximum Gasteiger partial charge on any atom is 0.243 e. The second-order valence-corrected chi connectivity index (χ2v) is 7.47. The van der Waals surface area contributed by atoms with Crippen LogP contribution in [-0.2, 0) is 27.1 Å². The van der Waals surface area contributed by atoms with Crippen molar-refractivity contribution in [1.29, 1.82) is 0 Å². The minimum Gasteiger partial charge on any atom is -0.380 e. The van der Waals surface area contributed by atoms with Gasteiger partial charge in [0, 0.05) is 26.1 Å². The molecule has 6 heteroatoms. The molecule has 1 aromatic rings. The summed E-state index contributed by atoms with van der Waals surface area (Å²) < 4.78 is 32.7. The summed E-state index contributed by atoms with van der Waals surface area (Å²) in [4.78, 5) is 0.389. The van der Waals surface area contributed by atoms with Crippen LogP contribution >= 0.6 is 11.6 Å². The molecule has 1 unspecified atom stereocenters. The molecule has 1 aliphatic heterocycles. The Bertz CT molecular complexity index is 589. The molecule has 0 amide bonds. The highest BCUT2D eigenvalue weighted by Crippen LogP contribution is 2.26. The van der Waals surface area contributed by atoms with E-state index in [-0.39, 0.29) is 6.10 Å². The Morgan fingerprint density at radius 2 is 2.19 bits per heavy atom. The molecule has 0 spiro atoms. The number of benzene rings is 1. The standard InChI is InChI=1S/C15H22ClNO3S/c1-3-13-7-6-12(10-16)9-15(13)21(18,19)17-8-4-5-14(11-17)20-2/h6-7,9,14H,3-5,8,10-11H2,1-2H3. The van der Waals surface area contributed by atoms with Gasteiger partial charge in [-0.1, -0.05) is 19.1 Å². The van der Waals surface area contributed by atoms with Gasteiger partial charge in [0.1, 0.15) is 0 Å². The molecule has 1 fully saturated rings. The average molecular weight is 332 g/mol. The molecule has 21 heavy (non-hydrogen) atoms. The molecule has 1 saturated heterocycles. The lowest BCUT2D eigenvalue weighted by Crippen LogP contribution is -2.43. The zero-order valence-corrected chi connectivity index (χ0v) is 14.1. The van der Waals surface area contributed by atoms with Gasteiger partial charge in [-0.15, -0.1) is 11.6 Å². The van der Waals surface area contributed by atoms with Crippen molar-refractivity contribution in [3.63, 3.8) is 0 Å². The first-order valence-corrected chi connectivity index (χ1v) is 9.21. The lowest BCUT2D eigenvalue weighted by molar-refractivity contribution is 0.0571. The Hall–Kier alpha value is -0.620. The van der Waals surface area contributed by atoms with Gasteiger partial charge in [-0.05, 0) is 36.5 Å². The number of ether oxygens (including phenoxy) is 1. The fraction of sp³-hybridized carbons (Fsp3) is 0.600. The molecule has 0 aliphatic carbocycles. The van der Waals surface area contributed by atoms with Crippen molar-refractivity contribution in [1.82, 2.24) is 4.31 Å². The maximum absolute atomic E-state index is 12.9. The second-order valence-electron chi connectivity index (χ2n) is 5.29. The van der Waals surface area contributed by atoms with E-state index in [1.807, 2.05) is 19.1 Å². The third-order valence-electron chi connectivity index (χ3n) is 3.96. The Morgan fingerprint density at radius 3 is 2.81 bits per heavy atom. The van der Waals surface area contributed by atoms with Gasteiger partial charge in [-0.2, -0.15) is 4.31 Å². The highest BCUT2D eigenvalue weighted by Gasteiger charge is 2.31. The molecule has 0 bridgehead atoms. The molecule has 0 radical (unpaired) electrons. The monoisotopic (exact) mass is 331 g/mol. The van der Waals surface area contributed by atoms with E-state index in [1.165, 1.54) is 4.31 Å². The van der Waals surface area contributed by atoms with Gasteiger partial charge in [0.2, 0.25) is 10.0 Å². The molecule has 1 atom stereocenters. The number of rotatable bonds is 5. The van der Waals surface area contributed by atoms with Crippen molar-refractivity contribution in [2.45, 2.75) is 43.1 Å². The zero-order chi connectivity index (χ0) is 15.5. The predicted molar refractivity (Wildman–Crippen MR) is 84.2 cm³/mol. The van der Waals surface area contributed by atoms with Crippen LogP contribution in [0.5, 0.6) is 0 Å². The van der Waals surface area contributed by atoms with Gasteiger partial charge in [0.25, 0.3) is 0 Å². The van der Waals surface area contributed by atoms with Crippen LogP contribution < -0.4 is 0 Å². The van der Waals surface area contributed by atoms with E-state index in [0.29, 0.717) is 30.3 Å². The smallest absolute Gasteiger partial charge is 0.243 e. The topological polar surface area (TPSA) is 46.6 Å². The molecule has 0 saturated carbocycles. The number of alkyl halides is 1. The van der Waals surface area contributed by atoms with Crippen LogP contribution in [0.25, 0.3) is 0 Å². The van der Waals surface area contributed by atoms with Crippen molar-refractivity contribution < 1.29 is 13.2 Å². The maximum atomic E-state index is 12.9. The number of aryl methyl sites for hydroxylation is 1. The highest BCUT2D eigenvalue weighted by molar-refractivity contribution is 7.89. The Labute approximate surface area is 132 Å². The molecule has 2 rings (SSSR count). The minimum absolute atomic E-state index is 0.0187. The van der Waals surface area contributed by atoms with E-state index < -0.39 is 10.0 Å². The SMILES string of the molecule is CCc1ccc(CCl)cc1S(=O)(=O)N1CCCC(OC)C1. The Balaban J connectivity index is 2.38. The van der Waals surface area contributed by atoms with Crippen LogP contribution in [0.1, 0.15) is 30.9 Å². The Morgan fingerprint density at radius 1 is 1.43 bits per heavy atom. The fourth-order valence-electron chi connectivity index (χ4n) is 2.67. The molecule has 4 nitrogen and oxygen atoms in total. The summed E-state index contributed by atoms with van der Waals surface area (Å²) in [5.41, 5.74) is 1.66. The van der Waals surface area contributed by atoms with Gasteiger partial charge < -0.3 is 4.74 Å². The lowest BCUT2D eigenvalue weighted by atomic mass is 10.1. The number of hydrogen-bond donors (Lipinski definition) is 0. The number of piperidine rings is 1. The van der Waals surface area contributed by atoms with Gasteiger partial charge in [-0.25, -0.2) is 8.42 Å². The first-order valence-electron chi connectivity index (χ1n) is 7.23. The number of sulfonamides is 1. The Kier molecular flexibility index (Phi) is 5.66. The third-order valence-corrected chi connectivity index (χ3v) is 6.21. The number of hydrogen-bond acceptors (Lipinski definition) is 3. The van der Waals surface area contributed by atoms with E-state index in [9.17, 15) is 8.42 Å². The van der Waals surface area contributed by atoms with Crippen LogP contribution in [0.3, 0.4) is 0 Å². The molecule has 0 N–H and O–H groups in total. The van der Waals surface area contributed by atoms with Gasteiger partial charge in [0.05, 0.1) is 11.0 Å². The lowest BCUT2D eigenvalue weighted by Gasteiger charge is -2.31. The van der Waals surface area contributed by atoms with Crippen LogP contribution in [0.2, 0.25) is 0 Å². The van der Waals surface area contributed by atoms with E-state index in [0.717, 1.165) is 24.0 Å². The number of methoxy groups -OCH3 is 1. The van der Waals surface area contributed by atoms with E-state index in [1.54, 1.807) is 13.2 Å². The highest BCUT2D eigenvalue weighted by atomic mass is 35.5. The second kappa shape index (κ2) is 7.09. The van der Waals surface area contributed by atoms with E-state index in [2.05, 4.69) is 0 Å². The molecular formula is C15H22ClNO3S. The summed E-state index contributed by atoms with van der Waals surface area (Å²) in [5, 5.41) is 0. The third kappa shape index (κ3) is 3.59.